The smallest absolute Gasteiger partial charge is 0.343 e. The molecule has 1 aliphatic heterocycles. The number of methoxy groups -OCH3 is 3. The predicted molar refractivity (Wildman–Crippen MR) is 120 cm³/mol. The number of anilines is 2. The first-order chi connectivity index (χ1) is 16.2. The van der Waals surface area contributed by atoms with Gasteiger partial charge in [-0.2, -0.15) is 4.31 Å². The van der Waals surface area contributed by atoms with Crippen LogP contribution < -0.4 is 23.4 Å². The van der Waals surface area contributed by atoms with E-state index < -0.39 is 34.2 Å². The van der Waals surface area contributed by atoms with Crippen molar-refractivity contribution in [1.82, 2.24) is 0 Å². The molecule has 4 rings (SSSR count). The Morgan fingerprint density at radius 1 is 0.853 bits per heavy atom. The van der Waals surface area contributed by atoms with Crippen LogP contribution >= 0.6 is 0 Å². The van der Waals surface area contributed by atoms with Crippen LogP contribution in [0.5, 0.6) is 17.2 Å². The molecule has 3 aromatic rings. The minimum atomic E-state index is -4.33. The average molecular weight is 490 g/mol. The zero-order valence-electron chi connectivity index (χ0n) is 18.4. The van der Waals surface area contributed by atoms with Gasteiger partial charge in [0.2, 0.25) is 0 Å². The fourth-order valence-electron chi connectivity index (χ4n) is 3.74. The Morgan fingerprint density at radius 3 is 2.21 bits per heavy atom. The number of urea groups is 1. The van der Waals surface area contributed by atoms with Gasteiger partial charge in [-0.1, -0.05) is 12.1 Å². The molecule has 0 saturated heterocycles. The van der Waals surface area contributed by atoms with E-state index >= 15 is 0 Å². The zero-order chi connectivity index (χ0) is 24.6. The molecule has 0 fully saturated rings. The quantitative estimate of drug-likeness (QED) is 0.512. The van der Waals surface area contributed by atoms with Crippen LogP contribution in [-0.4, -0.2) is 35.8 Å². The summed E-state index contributed by atoms with van der Waals surface area (Å²) in [5, 5.41) is 0. The number of para-hydroxylation sites is 1. The van der Waals surface area contributed by atoms with E-state index in [1.54, 1.807) is 6.07 Å². The first kappa shape index (κ1) is 23.3. The second-order valence-corrected chi connectivity index (χ2v) is 8.97. The molecule has 0 spiro atoms. The lowest BCUT2D eigenvalue weighted by Crippen LogP contribution is -2.50. The summed E-state index contributed by atoms with van der Waals surface area (Å²) in [5.41, 5.74) is -0.0673. The largest absolute Gasteiger partial charge is 0.496 e. The van der Waals surface area contributed by atoms with Gasteiger partial charge in [-0.15, -0.1) is 0 Å². The summed E-state index contributed by atoms with van der Waals surface area (Å²) in [6, 6.07) is 10.7. The highest BCUT2D eigenvalue weighted by molar-refractivity contribution is 7.94. The number of amides is 2. The molecule has 1 aliphatic rings. The van der Waals surface area contributed by atoms with Gasteiger partial charge in [0.1, 0.15) is 22.3 Å². The maximum atomic E-state index is 14.7. The maximum absolute atomic E-state index is 14.7. The molecule has 2 amide bonds. The molecule has 0 unspecified atom stereocenters. The summed E-state index contributed by atoms with van der Waals surface area (Å²) in [4.78, 5) is 14.5. The molecule has 34 heavy (non-hydrogen) atoms. The lowest BCUT2D eigenvalue weighted by atomic mass is 10.1. The van der Waals surface area contributed by atoms with Crippen LogP contribution in [0.1, 0.15) is 5.56 Å². The van der Waals surface area contributed by atoms with Crippen LogP contribution in [-0.2, 0) is 16.6 Å². The summed E-state index contributed by atoms with van der Waals surface area (Å²) in [5.74, 6) is -1.36. The van der Waals surface area contributed by atoms with Crippen molar-refractivity contribution in [3.8, 4) is 17.2 Å². The predicted octanol–water partition coefficient (Wildman–Crippen LogP) is 4.33. The Balaban J connectivity index is 1.89. The Morgan fingerprint density at radius 2 is 1.53 bits per heavy atom. The minimum absolute atomic E-state index is 0.00584. The topological polar surface area (TPSA) is 85.4 Å². The SMILES string of the molecule is COc1ccc(N2C(=O)N(Cc3c(F)cc(F)cc3OC)c3ccccc3S2(=O)=O)cc1OC. The number of fused-ring (bicyclic) bond motifs is 1. The summed E-state index contributed by atoms with van der Waals surface area (Å²) in [6.07, 6.45) is 0. The van der Waals surface area contributed by atoms with Crippen molar-refractivity contribution in [2.24, 2.45) is 0 Å². The molecular weight excluding hydrogens is 470 g/mol. The van der Waals surface area contributed by atoms with Crippen molar-refractivity contribution < 1.29 is 36.2 Å². The molecule has 0 atom stereocenters. The molecule has 1 heterocycles. The first-order valence-corrected chi connectivity index (χ1v) is 11.4. The van der Waals surface area contributed by atoms with E-state index in [1.807, 2.05) is 0 Å². The number of hydrogen-bond acceptors (Lipinski definition) is 6. The Bertz CT molecular complexity index is 1380. The second-order valence-electron chi connectivity index (χ2n) is 7.21. The Labute approximate surface area is 194 Å². The first-order valence-electron chi connectivity index (χ1n) is 9.92. The van der Waals surface area contributed by atoms with Gasteiger partial charge in [0.05, 0.1) is 39.2 Å². The molecule has 0 saturated carbocycles. The number of halogens is 2. The molecule has 178 valence electrons. The summed E-state index contributed by atoms with van der Waals surface area (Å²) < 4.78 is 71.4. The van der Waals surface area contributed by atoms with Crippen molar-refractivity contribution in [1.29, 1.82) is 0 Å². The van der Waals surface area contributed by atoms with Crippen LogP contribution in [0.15, 0.2) is 59.5 Å². The molecule has 0 bridgehead atoms. The van der Waals surface area contributed by atoms with Crippen molar-refractivity contribution in [2.75, 3.05) is 30.5 Å². The van der Waals surface area contributed by atoms with Crippen LogP contribution in [0.3, 0.4) is 0 Å². The monoisotopic (exact) mass is 490 g/mol. The standard InChI is InChI=1S/C23H20F2N2O6S/c1-31-19-9-8-15(12-21(19)33-3)27-23(28)26(18-6-4-5-7-22(18)34(27,29)30)13-16-17(25)10-14(24)11-20(16)32-2/h4-12H,13H2,1-3H3. The molecule has 0 aliphatic carbocycles. The van der Waals surface area contributed by atoms with Crippen LogP contribution in [0.4, 0.5) is 25.0 Å². The van der Waals surface area contributed by atoms with Crippen molar-refractivity contribution in [3.05, 3.63) is 71.8 Å². The van der Waals surface area contributed by atoms with E-state index in [9.17, 15) is 22.0 Å². The number of benzene rings is 3. The van der Waals surface area contributed by atoms with Crippen molar-refractivity contribution in [2.45, 2.75) is 11.4 Å². The third-order valence-electron chi connectivity index (χ3n) is 5.34. The average Bonchev–Trinajstić information content (AvgIpc) is 2.82. The normalized spacial score (nSPS) is 14.6. The van der Waals surface area contributed by atoms with E-state index in [4.69, 9.17) is 14.2 Å². The molecular formula is C23H20F2N2O6S. The van der Waals surface area contributed by atoms with Gasteiger partial charge in [0.25, 0.3) is 10.0 Å². The molecule has 8 nitrogen and oxygen atoms in total. The number of sulfonamides is 1. The van der Waals surface area contributed by atoms with Crippen molar-refractivity contribution >= 4 is 27.4 Å². The molecule has 3 aromatic carbocycles. The van der Waals surface area contributed by atoms with Crippen LogP contribution in [0, 0.1) is 11.6 Å². The number of ether oxygens (including phenoxy) is 3. The zero-order valence-corrected chi connectivity index (χ0v) is 19.2. The fraction of sp³-hybridized carbons (Fsp3) is 0.174. The highest BCUT2D eigenvalue weighted by atomic mass is 32.2. The second kappa shape index (κ2) is 8.82. The van der Waals surface area contributed by atoms with Gasteiger partial charge >= 0.3 is 6.03 Å². The molecule has 0 radical (unpaired) electrons. The van der Waals surface area contributed by atoms with E-state index in [-0.39, 0.29) is 33.3 Å². The van der Waals surface area contributed by atoms with Gasteiger partial charge in [-0.3, -0.25) is 4.90 Å². The number of rotatable bonds is 6. The fourth-order valence-corrected chi connectivity index (χ4v) is 5.32. The summed E-state index contributed by atoms with van der Waals surface area (Å²) in [6.45, 7) is -0.412. The van der Waals surface area contributed by atoms with E-state index in [1.165, 1.54) is 57.7 Å². The highest BCUT2D eigenvalue weighted by Crippen LogP contribution is 2.41. The highest BCUT2D eigenvalue weighted by Gasteiger charge is 2.43. The van der Waals surface area contributed by atoms with E-state index in [2.05, 4.69) is 0 Å². The third-order valence-corrected chi connectivity index (χ3v) is 7.08. The molecule has 11 heteroatoms. The van der Waals surface area contributed by atoms with Crippen LogP contribution in [0.2, 0.25) is 0 Å². The third kappa shape index (κ3) is 3.77. The van der Waals surface area contributed by atoms with Crippen LogP contribution in [0.25, 0.3) is 0 Å². The lowest BCUT2D eigenvalue weighted by molar-refractivity contribution is 0.253. The van der Waals surface area contributed by atoms with Gasteiger partial charge in [-0.25, -0.2) is 22.0 Å². The van der Waals surface area contributed by atoms with Gasteiger partial charge < -0.3 is 14.2 Å². The number of hydrogen-bond donors (Lipinski definition) is 0. The maximum Gasteiger partial charge on any atom is 0.343 e. The van der Waals surface area contributed by atoms with E-state index in [0.29, 0.717) is 16.1 Å². The van der Waals surface area contributed by atoms with E-state index in [0.717, 1.165) is 11.0 Å². The molecule has 0 aromatic heterocycles. The number of nitrogens with zero attached hydrogens (tertiary/aromatic N) is 2. The Hall–Kier alpha value is -3.86. The van der Waals surface area contributed by atoms with Gasteiger partial charge in [0.15, 0.2) is 11.5 Å². The number of carbonyl (C=O) groups excluding carboxylic acids is 1. The Kier molecular flexibility index (Phi) is 6.05. The summed E-state index contributed by atoms with van der Waals surface area (Å²) >= 11 is 0. The van der Waals surface area contributed by atoms with Gasteiger partial charge in [-0.05, 0) is 24.3 Å². The van der Waals surface area contributed by atoms with Gasteiger partial charge in [0, 0.05) is 23.8 Å². The van der Waals surface area contributed by atoms with Crippen molar-refractivity contribution in [3.63, 3.8) is 0 Å². The minimum Gasteiger partial charge on any atom is -0.496 e. The lowest BCUT2D eigenvalue weighted by Gasteiger charge is -2.36. The number of carbonyl (C=O) groups is 1. The summed E-state index contributed by atoms with van der Waals surface area (Å²) in [7, 11) is -0.293. The molecule has 0 N–H and O–H groups in total.